The summed E-state index contributed by atoms with van der Waals surface area (Å²) >= 11 is 0. The first kappa shape index (κ1) is 11.3. The van der Waals surface area contributed by atoms with Crippen LogP contribution in [0.5, 0.6) is 0 Å². The Hall–Kier alpha value is -1.83. The van der Waals surface area contributed by atoms with Crippen LogP contribution in [0.15, 0.2) is 48.6 Å². The van der Waals surface area contributed by atoms with Crippen LogP contribution in [-0.4, -0.2) is 12.6 Å². The number of carbonyl (C=O) groups is 1. The first-order chi connectivity index (χ1) is 8.76. The molecule has 2 nitrogen and oxygen atoms in total. The third-order valence-electron chi connectivity index (χ3n) is 3.77. The molecule has 0 heterocycles. The molecular formula is C16H16O2. The average molecular weight is 240 g/mol. The highest BCUT2D eigenvalue weighted by atomic mass is 16.5. The highest BCUT2D eigenvalue weighted by molar-refractivity contribution is 5.98. The Labute approximate surface area is 107 Å². The number of hydrogen-bond donors (Lipinski definition) is 0. The first-order valence-corrected chi connectivity index (χ1v) is 6.40. The third-order valence-corrected chi connectivity index (χ3v) is 3.77. The Bertz CT molecular complexity index is 527. The number of ether oxygens (including phenoxy) is 1. The molecule has 1 aromatic rings. The minimum atomic E-state index is -0.540. The van der Waals surface area contributed by atoms with E-state index in [0.717, 1.165) is 17.6 Å². The summed E-state index contributed by atoms with van der Waals surface area (Å²) in [6, 6.07) is 10.1. The van der Waals surface area contributed by atoms with Gasteiger partial charge >= 0.3 is 5.97 Å². The van der Waals surface area contributed by atoms with Crippen LogP contribution in [0.25, 0.3) is 5.57 Å². The van der Waals surface area contributed by atoms with Crippen LogP contribution in [0.1, 0.15) is 18.9 Å². The summed E-state index contributed by atoms with van der Waals surface area (Å²) in [6.07, 6.45) is 7.17. The van der Waals surface area contributed by atoms with Gasteiger partial charge in [0.25, 0.3) is 0 Å². The quantitative estimate of drug-likeness (QED) is 0.599. The van der Waals surface area contributed by atoms with Gasteiger partial charge in [0.1, 0.15) is 5.41 Å². The first-order valence-electron chi connectivity index (χ1n) is 6.40. The maximum atomic E-state index is 12.3. The monoisotopic (exact) mass is 240 g/mol. The van der Waals surface area contributed by atoms with Crippen molar-refractivity contribution in [1.29, 1.82) is 0 Å². The van der Waals surface area contributed by atoms with Crippen LogP contribution in [-0.2, 0) is 9.53 Å². The average Bonchev–Trinajstić information content (AvgIpc) is 2.99. The highest BCUT2D eigenvalue weighted by Crippen LogP contribution is 2.53. The molecule has 2 atom stereocenters. The molecule has 0 saturated carbocycles. The Kier molecular flexibility index (Phi) is 2.58. The smallest absolute Gasteiger partial charge is 0.320 e. The summed E-state index contributed by atoms with van der Waals surface area (Å²) in [5.74, 6) is 0.265. The van der Waals surface area contributed by atoms with Gasteiger partial charge in [0, 0.05) is 0 Å². The molecule has 0 aliphatic heterocycles. The van der Waals surface area contributed by atoms with E-state index in [1.807, 2.05) is 31.2 Å². The van der Waals surface area contributed by atoms with Crippen molar-refractivity contribution in [3.8, 4) is 0 Å². The van der Waals surface area contributed by atoms with Gasteiger partial charge in [-0.05, 0) is 30.4 Å². The Balaban J connectivity index is 2.01. The van der Waals surface area contributed by atoms with E-state index in [2.05, 4.69) is 24.3 Å². The molecule has 3 rings (SSSR count). The van der Waals surface area contributed by atoms with Crippen molar-refractivity contribution in [2.24, 2.45) is 11.3 Å². The molecule has 0 spiro atoms. The Morgan fingerprint density at radius 1 is 1.39 bits per heavy atom. The molecule has 2 aliphatic rings. The molecular weight excluding hydrogens is 224 g/mol. The van der Waals surface area contributed by atoms with E-state index < -0.39 is 5.41 Å². The van der Waals surface area contributed by atoms with Crippen molar-refractivity contribution >= 4 is 11.5 Å². The van der Waals surface area contributed by atoms with E-state index >= 15 is 0 Å². The van der Waals surface area contributed by atoms with Crippen LogP contribution in [0.4, 0.5) is 0 Å². The number of fused-ring (bicyclic) bond motifs is 2. The van der Waals surface area contributed by atoms with Gasteiger partial charge in [-0.15, -0.1) is 0 Å². The van der Waals surface area contributed by atoms with Crippen LogP contribution >= 0.6 is 0 Å². The van der Waals surface area contributed by atoms with Crippen LogP contribution in [0.2, 0.25) is 0 Å². The molecule has 0 aromatic heterocycles. The van der Waals surface area contributed by atoms with Gasteiger partial charge in [0.15, 0.2) is 0 Å². The van der Waals surface area contributed by atoms with Crippen molar-refractivity contribution in [3.63, 3.8) is 0 Å². The highest BCUT2D eigenvalue weighted by Gasteiger charge is 2.50. The number of benzene rings is 1. The summed E-state index contributed by atoms with van der Waals surface area (Å²) < 4.78 is 5.27. The SMILES string of the molecule is CCOC(=O)C12C=CC(C=C1c1ccccc1)C2. The van der Waals surface area contributed by atoms with E-state index in [1.54, 1.807) is 0 Å². The van der Waals surface area contributed by atoms with Gasteiger partial charge in [-0.25, -0.2) is 0 Å². The van der Waals surface area contributed by atoms with Crippen LogP contribution < -0.4 is 0 Å². The Morgan fingerprint density at radius 3 is 2.83 bits per heavy atom. The predicted octanol–water partition coefficient (Wildman–Crippen LogP) is 3.21. The summed E-state index contributed by atoms with van der Waals surface area (Å²) in [6.45, 7) is 2.28. The van der Waals surface area contributed by atoms with Crippen molar-refractivity contribution in [1.82, 2.24) is 0 Å². The molecule has 92 valence electrons. The third kappa shape index (κ3) is 1.52. The van der Waals surface area contributed by atoms with Crippen molar-refractivity contribution in [3.05, 3.63) is 54.1 Å². The lowest BCUT2D eigenvalue weighted by atomic mass is 9.79. The molecule has 2 aliphatic carbocycles. The molecule has 0 N–H and O–H groups in total. The zero-order chi connectivity index (χ0) is 12.6. The lowest BCUT2D eigenvalue weighted by Gasteiger charge is -2.25. The largest absolute Gasteiger partial charge is 0.465 e. The van der Waals surface area contributed by atoms with E-state index in [9.17, 15) is 4.79 Å². The molecule has 0 saturated heterocycles. The molecule has 0 radical (unpaired) electrons. The van der Waals surface area contributed by atoms with Gasteiger partial charge in [-0.2, -0.15) is 0 Å². The summed E-state index contributed by atoms with van der Waals surface area (Å²) in [4.78, 5) is 12.3. The fraction of sp³-hybridized carbons (Fsp3) is 0.312. The maximum Gasteiger partial charge on any atom is 0.320 e. The zero-order valence-electron chi connectivity index (χ0n) is 10.4. The van der Waals surface area contributed by atoms with Crippen molar-refractivity contribution in [2.45, 2.75) is 13.3 Å². The summed E-state index contributed by atoms with van der Waals surface area (Å²) in [5.41, 5.74) is 1.69. The van der Waals surface area contributed by atoms with Crippen molar-refractivity contribution < 1.29 is 9.53 Å². The minimum absolute atomic E-state index is 0.114. The summed E-state index contributed by atoms with van der Waals surface area (Å²) in [7, 11) is 0. The van der Waals surface area contributed by atoms with Crippen LogP contribution in [0.3, 0.4) is 0 Å². The number of allylic oxidation sites excluding steroid dienone is 2. The molecule has 2 unspecified atom stereocenters. The molecule has 2 bridgehead atoms. The van der Waals surface area contributed by atoms with Gasteiger partial charge in [0.05, 0.1) is 6.61 Å². The second-order valence-electron chi connectivity index (χ2n) is 4.87. The predicted molar refractivity (Wildman–Crippen MR) is 70.7 cm³/mol. The number of hydrogen-bond acceptors (Lipinski definition) is 2. The van der Waals surface area contributed by atoms with Crippen LogP contribution in [0, 0.1) is 11.3 Å². The molecule has 18 heavy (non-hydrogen) atoms. The number of esters is 1. The van der Waals surface area contributed by atoms with Gasteiger partial charge in [-0.3, -0.25) is 4.79 Å². The summed E-state index contributed by atoms with van der Waals surface area (Å²) in [5, 5.41) is 0. The molecule has 1 aromatic carbocycles. The minimum Gasteiger partial charge on any atom is -0.465 e. The van der Waals surface area contributed by atoms with E-state index in [-0.39, 0.29) is 5.97 Å². The molecule has 2 heteroatoms. The van der Waals surface area contributed by atoms with E-state index in [0.29, 0.717) is 12.5 Å². The standard InChI is InChI=1S/C16H16O2/c1-2-18-15(17)16-9-8-12(11-16)10-14(16)13-6-4-3-5-7-13/h3-10,12H,2,11H2,1H3. The fourth-order valence-corrected chi connectivity index (χ4v) is 2.97. The van der Waals surface area contributed by atoms with Gasteiger partial charge in [0.2, 0.25) is 0 Å². The molecule has 0 fully saturated rings. The number of rotatable bonds is 3. The maximum absolute atomic E-state index is 12.3. The van der Waals surface area contributed by atoms with E-state index in [1.165, 1.54) is 0 Å². The normalized spacial score (nSPS) is 28.3. The Morgan fingerprint density at radius 2 is 2.17 bits per heavy atom. The van der Waals surface area contributed by atoms with Gasteiger partial charge < -0.3 is 4.74 Å². The molecule has 0 amide bonds. The second-order valence-corrected chi connectivity index (χ2v) is 4.87. The zero-order valence-corrected chi connectivity index (χ0v) is 10.4. The van der Waals surface area contributed by atoms with Crippen molar-refractivity contribution in [2.75, 3.05) is 6.61 Å². The lowest BCUT2D eigenvalue weighted by Crippen LogP contribution is -2.29. The topological polar surface area (TPSA) is 26.3 Å². The second kappa shape index (κ2) is 4.13. The van der Waals surface area contributed by atoms with E-state index in [4.69, 9.17) is 4.74 Å². The van der Waals surface area contributed by atoms with Gasteiger partial charge in [-0.1, -0.05) is 48.6 Å². The number of carbonyl (C=O) groups excluding carboxylic acids is 1. The fourth-order valence-electron chi connectivity index (χ4n) is 2.97. The lowest BCUT2D eigenvalue weighted by molar-refractivity contribution is -0.149.